The van der Waals surface area contributed by atoms with Crippen molar-refractivity contribution in [1.82, 2.24) is 0 Å². The molecule has 2 aliphatic rings. The summed E-state index contributed by atoms with van der Waals surface area (Å²) >= 11 is 6.38. The minimum absolute atomic E-state index is 0.00243. The number of halogens is 1. The SMILES string of the molecule is CC(C)[C@@H]1O[C@H]2Oc3ccccc3[C@@H]([C@H]1C(=O)c1ccccc1Cl)C2(C)C. The molecule has 0 radical (unpaired) electrons. The lowest BCUT2D eigenvalue weighted by atomic mass is 9.60. The number of hydrogen-bond donors (Lipinski definition) is 0. The molecule has 1 saturated heterocycles. The number of carbonyl (C=O) groups excluding carboxylic acids is 1. The third kappa shape index (κ3) is 2.88. The summed E-state index contributed by atoms with van der Waals surface area (Å²) in [5.74, 6) is 0.716. The van der Waals surface area contributed by atoms with Gasteiger partial charge in [-0.1, -0.05) is 69.6 Å². The normalized spacial score (nSPS) is 28.4. The summed E-state index contributed by atoms with van der Waals surface area (Å²) < 4.78 is 12.6. The van der Waals surface area contributed by atoms with Gasteiger partial charge in [-0.2, -0.15) is 0 Å². The van der Waals surface area contributed by atoms with Gasteiger partial charge in [-0.15, -0.1) is 0 Å². The Hall–Kier alpha value is -1.84. The Labute approximate surface area is 165 Å². The fourth-order valence-corrected chi connectivity index (χ4v) is 4.88. The van der Waals surface area contributed by atoms with Crippen molar-refractivity contribution in [2.24, 2.45) is 17.3 Å². The molecule has 2 bridgehead atoms. The Bertz CT molecular complexity index is 873. The zero-order valence-corrected chi connectivity index (χ0v) is 16.9. The van der Waals surface area contributed by atoms with Gasteiger partial charge in [-0.3, -0.25) is 4.79 Å². The number of para-hydroxylation sites is 1. The van der Waals surface area contributed by atoms with Gasteiger partial charge in [0.05, 0.1) is 17.0 Å². The average molecular weight is 385 g/mol. The molecule has 142 valence electrons. The van der Waals surface area contributed by atoms with E-state index in [0.29, 0.717) is 10.6 Å². The van der Waals surface area contributed by atoms with E-state index >= 15 is 0 Å². The molecule has 0 saturated carbocycles. The lowest BCUT2D eigenvalue weighted by Gasteiger charge is -2.55. The lowest BCUT2D eigenvalue weighted by molar-refractivity contribution is -0.249. The molecule has 2 aromatic rings. The summed E-state index contributed by atoms with van der Waals surface area (Å²) in [6.07, 6.45) is -0.606. The zero-order chi connectivity index (χ0) is 19.3. The Morgan fingerprint density at radius 1 is 1.07 bits per heavy atom. The van der Waals surface area contributed by atoms with Crippen LogP contribution in [0.25, 0.3) is 0 Å². The number of ketones is 1. The van der Waals surface area contributed by atoms with Gasteiger partial charge in [-0.05, 0) is 29.7 Å². The summed E-state index contributed by atoms with van der Waals surface area (Å²) in [5.41, 5.74) is 1.32. The highest BCUT2D eigenvalue weighted by atomic mass is 35.5. The van der Waals surface area contributed by atoms with Crippen molar-refractivity contribution in [2.45, 2.75) is 46.0 Å². The zero-order valence-electron chi connectivity index (χ0n) is 16.1. The van der Waals surface area contributed by atoms with Gasteiger partial charge in [0.2, 0.25) is 6.29 Å². The minimum atomic E-state index is -0.375. The highest BCUT2D eigenvalue weighted by molar-refractivity contribution is 6.34. The number of benzene rings is 2. The quantitative estimate of drug-likeness (QED) is 0.634. The summed E-state index contributed by atoms with van der Waals surface area (Å²) in [4.78, 5) is 13.7. The number of hydrogen-bond acceptors (Lipinski definition) is 3. The summed E-state index contributed by atoms with van der Waals surface area (Å²) in [6, 6.07) is 15.3. The third-order valence-corrected chi connectivity index (χ3v) is 6.32. The van der Waals surface area contributed by atoms with E-state index in [1.165, 1.54) is 0 Å². The first kappa shape index (κ1) is 18.5. The summed E-state index contributed by atoms with van der Waals surface area (Å²) in [5, 5.41) is 0.491. The van der Waals surface area contributed by atoms with Gasteiger partial charge in [0.25, 0.3) is 0 Å². The Kier molecular flexibility index (Phi) is 4.56. The molecule has 27 heavy (non-hydrogen) atoms. The van der Waals surface area contributed by atoms with Crippen LogP contribution in [0.15, 0.2) is 48.5 Å². The molecule has 0 N–H and O–H groups in total. The maximum absolute atomic E-state index is 13.7. The van der Waals surface area contributed by atoms with Crippen LogP contribution in [-0.2, 0) is 4.74 Å². The van der Waals surface area contributed by atoms with Crippen LogP contribution in [0, 0.1) is 17.3 Å². The topological polar surface area (TPSA) is 35.5 Å². The van der Waals surface area contributed by atoms with Crippen molar-refractivity contribution in [3.05, 3.63) is 64.7 Å². The number of ether oxygens (including phenoxy) is 2. The first-order valence-corrected chi connectivity index (χ1v) is 9.90. The van der Waals surface area contributed by atoms with E-state index in [-0.39, 0.29) is 41.3 Å². The van der Waals surface area contributed by atoms with Gasteiger partial charge in [0, 0.05) is 16.9 Å². The second-order valence-electron chi connectivity index (χ2n) is 8.50. The van der Waals surface area contributed by atoms with Gasteiger partial charge in [-0.25, -0.2) is 0 Å². The van der Waals surface area contributed by atoms with Gasteiger partial charge >= 0.3 is 0 Å². The Morgan fingerprint density at radius 2 is 1.74 bits per heavy atom. The van der Waals surface area contributed by atoms with E-state index in [2.05, 4.69) is 33.8 Å². The first-order chi connectivity index (χ1) is 12.8. The molecule has 2 heterocycles. The molecule has 0 amide bonds. The van der Waals surface area contributed by atoms with E-state index in [1.54, 1.807) is 6.07 Å². The van der Waals surface area contributed by atoms with Crippen LogP contribution in [-0.4, -0.2) is 18.2 Å². The molecule has 2 aliphatic heterocycles. The largest absolute Gasteiger partial charge is 0.464 e. The van der Waals surface area contributed by atoms with Crippen molar-refractivity contribution in [3.63, 3.8) is 0 Å². The minimum Gasteiger partial charge on any atom is -0.464 e. The highest BCUT2D eigenvalue weighted by Crippen LogP contribution is 2.57. The second-order valence-corrected chi connectivity index (χ2v) is 8.91. The van der Waals surface area contributed by atoms with E-state index in [4.69, 9.17) is 21.1 Å². The Balaban J connectivity index is 1.89. The Morgan fingerprint density at radius 3 is 2.44 bits per heavy atom. The molecule has 2 aromatic carbocycles. The second kappa shape index (κ2) is 6.65. The molecule has 0 unspecified atom stereocenters. The third-order valence-electron chi connectivity index (χ3n) is 5.99. The maximum Gasteiger partial charge on any atom is 0.205 e. The molecule has 0 aliphatic carbocycles. The van der Waals surface area contributed by atoms with Gasteiger partial charge < -0.3 is 9.47 Å². The molecule has 4 heteroatoms. The number of Topliss-reactive ketones (excluding diaryl/α,β-unsaturated/α-hetero) is 1. The van der Waals surface area contributed by atoms with E-state index in [9.17, 15) is 4.79 Å². The van der Waals surface area contributed by atoms with E-state index in [0.717, 1.165) is 11.3 Å². The van der Waals surface area contributed by atoms with E-state index < -0.39 is 0 Å². The number of carbonyl (C=O) groups is 1. The molecule has 0 spiro atoms. The van der Waals surface area contributed by atoms with Crippen molar-refractivity contribution in [1.29, 1.82) is 0 Å². The van der Waals surface area contributed by atoms with Crippen molar-refractivity contribution >= 4 is 17.4 Å². The maximum atomic E-state index is 13.7. The fourth-order valence-electron chi connectivity index (χ4n) is 4.65. The number of rotatable bonds is 3. The predicted octanol–water partition coefficient (Wildman–Crippen LogP) is 5.72. The molecular formula is C23H25ClO3. The highest BCUT2D eigenvalue weighted by Gasteiger charge is 2.58. The molecule has 3 nitrogen and oxygen atoms in total. The average Bonchev–Trinajstić information content (AvgIpc) is 2.61. The van der Waals surface area contributed by atoms with Crippen molar-refractivity contribution in [2.75, 3.05) is 0 Å². The van der Waals surface area contributed by atoms with Crippen LogP contribution in [0.4, 0.5) is 0 Å². The monoisotopic (exact) mass is 384 g/mol. The van der Waals surface area contributed by atoms with Crippen LogP contribution in [0.2, 0.25) is 5.02 Å². The van der Waals surface area contributed by atoms with Crippen LogP contribution in [0.3, 0.4) is 0 Å². The molecule has 4 rings (SSSR count). The smallest absolute Gasteiger partial charge is 0.205 e. The van der Waals surface area contributed by atoms with E-state index in [1.807, 2.05) is 36.4 Å². The molecule has 0 aromatic heterocycles. The van der Waals surface area contributed by atoms with Crippen LogP contribution in [0.5, 0.6) is 5.75 Å². The van der Waals surface area contributed by atoms with Crippen LogP contribution >= 0.6 is 11.6 Å². The van der Waals surface area contributed by atoms with Crippen LogP contribution in [0.1, 0.15) is 49.5 Å². The van der Waals surface area contributed by atoms with Crippen LogP contribution < -0.4 is 4.74 Å². The molecule has 4 atom stereocenters. The summed E-state index contributed by atoms with van der Waals surface area (Å²) in [6.45, 7) is 8.44. The number of fused-ring (bicyclic) bond motifs is 4. The lowest BCUT2D eigenvalue weighted by Crippen LogP contribution is -2.59. The fraction of sp³-hybridized carbons (Fsp3) is 0.435. The first-order valence-electron chi connectivity index (χ1n) is 9.52. The van der Waals surface area contributed by atoms with Crippen molar-refractivity contribution < 1.29 is 14.3 Å². The molecular weight excluding hydrogens is 360 g/mol. The standard InChI is InChI=1S/C23H25ClO3/c1-13(2)21-18(20(25)14-9-5-7-11-16(14)24)19-15-10-6-8-12-17(15)26-22(27-21)23(19,3)4/h5-13,18-19,21-22H,1-4H3/t18-,19-,21-,22+/m0/s1. The summed E-state index contributed by atoms with van der Waals surface area (Å²) in [7, 11) is 0. The predicted molar refractivity (Wildman–Crippen MR) is 106 cm³/mol. The van der Waals surface area contributed by atoms with Gasteiger partial charge in [0.1, 0.15) is 5.75 Å². The van der Waals surface area contributed by atoms with Crippen molar-refractivity contribution in [3.8, 4) is 5.75 Å². The molecule has 1 fully saturated rings. The van der Waals surface area contributed by atoms with Gasteiger partial charge in [0.15, 0.2) is 5.78 Å².